The summed E-state index contributed by atoms with van der Waals surface area (Å²) in [6.45, 7) is 8.45. The number of hydroxylamine groups is 2. The third kappa shape index (κ3) is 6.33. The van der Waals surface area contributed by atoms with Crippen LogP contribution in [-0.4, -0.2) is 42.9 Å². The summed E-state index contributed by atoms with van der Waals surface area (Å²) in [6, 6.07) is 0. The molecule has 2 amide bonds. The number of nitrogens with zero attached hydrogens (tertiary/aromatic N) is 1. The molecule has 0 heterocycles. The highest BCUT2D eigenvalue weighted by molar-refractivity contribution is 5.78. The summed E-state index contributed by atoms with van der Waals surface area (Å²) in [6.07, 6.45) is 2.23. The summed E-state index contributed by atoms with van der Waals surface area (Å²) < 4.78 is 5.16. The van der Waals surface area contributed by atoms with Crippen LogP contribution in [0.25, 0.3) is 0 Å². The molecule has 0 aromatic carbocycles. The summed E-state index contributed by atoms with van der Waals surface area (Å²) in [5.41, 5.74) is -0.470. The monoisotopic (exact) mass is 300 g/mol. The number of rotatable bonds is 6. The Balaban J connectivity index is 2.13. The maximum atomic E-state index is 11.9. The quantitative estimate of drug-likeness (QED) is 0.765. The van der Waals surface area contributed by atoms with Gasteiger partial charge in [0.05, 0.1) is 6.61 Å². The number of alkyl carbamates (subject to hydrolysis) is 1. The van der Waals surface area contributed by atoms with Gasteiger partial charge in [0, 0.05) is 19.5 Å². The van der Waals surface area contributed by atoms with Gasteiger partial charge in [-0.25, -0.2) is 9.86 Å². The molecular weight excluding hydrogens is 272 g/mol. The van der Waals surface area contributed by atoms with Crippen LogP contribution in [0.4, 0.5) is 4.79 Å². The molecule has 0 spiro atoms. The van der Waals surface area contributed by atoms with Crippen LogP contribution in [0, 0.1) is 11.8 Å². The van der Waals surface area contributed by atoms with Crippen molar-refractivity contribution in [3.8, 4) is 0 Å². The van der Waals surface area contributed by atoms with E-state index in [0.29, 0.717) is 19.1 Å². The minimum absolute atomic E-state index is 0.0493. The van der Waals surface area contributed by atoms with Crippen LogP contribution in [-0.2, 0) is 14.4 Å². The van der Waals surface area contributed by atoms with E-state index in [1.54, 1.807) is 7.05 Å². The lowest BCUT2D eigenvalue weighted by atomic mass is 9.73. The van der Waals surface area contributed by atoms with Crippen LogP contribution >= 0.6 is 0 Å². The molecule has 0 aliphatic heterocycles. The lowest BCUT2D eigenvalue weighted by Gasteiger charge is -2.36. The molecule has 0 aromatic heterocycles. The summed E-state index contributed by atoms with van der Waals surface area (Å²) >= 11 is 0. The second-order valence-corrected chi connectivity index (χ2v) is 6.51. The van der Waals surface area contributed by atoms with E-state index in [9.17, 15) is 9.59 Å². The number of amides is 2. The molecule has 0 atom stereocenters. The SMILES string of the molecule is CCON(C)C(=O)C1CC(CCNC(=O)OC(C)(C)C)C1. The number of hydrogen-bond acceptors (Lipinski definition) is 4. The molecule has 0 unspecified atom stereocenters. The zero-order valence-electron chi connectivity index (χ0n) is 13.8. The first-order valence-corrected chi connectivity index (χ1v) is 7.60. The molecule has 0 bridgehead atoms. The zero-order chi connectivity index (χ0) is 16.0. The third-order valence-electron chi connectivity index (χ3n) is 3.44. The molecule has 6 heteroatoms. The van der Waals surface area contributed by atoms with Crippen LogP contribution in [0.1, 0.15) is 47.0 Å². The Morgan fingerprint density at radius 3 is 2.43 bits per heavy atom. The fourth-order valence-electron chi connectivity index (χ4n) is 2.38. The lowest BCUT2D eigenvalue weighted by Crippen LogP contribution is -2.41. The number of hydrogen-bond donors (Lipinski definition) is 1. The van der Waals surface area contributed by atoms with Gasteiger partial charge in [-0.2, -0.15) is 0 Å². The number of ether oxygens (including phenoxy) is 1. The fraction of sp³-hybridized carbons (Fsp3) is 0.867. The maximum absolute atomic E-state index is 11.9. The Kier molecular flexibility index (Phi) is 6.45. The van der Waals surface area contributed by atoms with E-state index < -0.39 is 5.60 Å². The second-order valence-electron chi connectivity index (χ2n) is 6.51. The van der Waals surface area contributed by atoms with Gasteiger partial charge in [-0.15, -0.1) is 0 Å². The van der Waals surface area contributed by atoms with Gasteiger partial charge in [-0.3, -0.25) is 9.63 Å². The molecule has 6 nitrogen and oxygen atoms in total. The van der Waals surface area contributed by atoms with Gasteiger partial charge in [-0.1, -0.05) is 0 Å². The molecule has 122 valence electrons. The van der Waals surface area contributed by atoms with Crippen molar-refractivity contribution in [1.29, 1.82) is 0 Å². The molecular formula is C15H28N2O4. The van der Waals surface area contributed by atoms with E-state index in [0.717, 1.165) is 19.3 Å². The van der Waals surface area contributed by atoms with Gasteiger partial charge in [0.1, 0.15) is 5.60 Å². The Morgan fingerprint density at radius 1 is 1.29 bits per heavy atom. The second kappa shape index (κ2) is 7.64. The summed E-state index contributed by atoms with van der Waals surface area (Å²) in [4.78, 5) is 28.5. The minimum Gasteiger partial charge on any atom is -0.444 e. The first kappa shape index (κ1) is 17.8. The number of carbonyl (C=O) groups is 2. The van der Waals surface area contributed by atoms with Crippen LogP contribution in [0.15, 0.2) is 0 Å². The summed E-state index contributed by atoms with van der Waals surface area (Å²) in [7, 11) is 1.66. The Bertz CT molecular complexity index is 359. The Labute approximate surface area is 127 Å². The van der Waals surface area contributed by atoms with Gasteiger partial charge in [0.15, 0.2) is 0 Å². The number of carbonyl (C=O) groups excluding carboxylic acids is 2. The maximum Gasteiger partial charge on any atom is 0.407 e. The summed E-state index contributed by atoms with van der Waals surface area (Å²) in [5, 5.41) is 4.08. The van der Waals surface area contributed by atoms with E-state index >= 15 is 0 Å². The van der Waals surface area contributed by atoms with Crippen molar-refractivity contribution in [2.75, 3.05) is 20.2 Å². The van der Waals surface area contributed by atoms with Crippen molar-refractivity contribution >= 4 is 12.0 Å². The smallest absolute Gasteiger partial charge is 0.407 e. The molecule has 0 radical (unpaired) electrons. The van der Waals surface area contributed by atoms with Crippen LogP contribution in [0.2, 0.25) is 0 Å². The number of nitrogens with one attached hydrogen (secondary N) is 1. The predicted molar refractivity (Wildman–Crippen MR) is 79.5 cm³/mol. The molecule has 1 N–H and O–H groups in total. The zero-order valence-corrected chi connectivity index (χ0v) is 13.8. The topological polar surface area (TPSA) is 67.9 Å². The van der Waals surface area contributed by atoms with Crippen molar-refractivity contribution in [2.45, 2.75) is 52.6 Å². The lowest BCUT2D eigenvalue weighted by molar-refractivity contribution is -0.185. The average Bonchev–Trinajstić information content (AvgIpc) is 2.29. The van der Waals surface area contributed by atoms with E-state index in [1.807, 2.05) is 27.7 Å². The highest BCUT2D eigenvalue weighted by Gasteiger charge is 2.36. The van der Waals surface area contributed by atoms with Crippen molar-refractivity contribution in [3.05, 3.63) is 0 Å². The van der Waals surface area contributed by atoms with Gasteiger partial charge >= 0.3 is 6.09 Å². The van der Waals surface area contributed by atoms with Crippen molar-refractivity contribution in [2.24, 2.45) is 11.8 Å². The van der Waals surface area contributed by atoms with E-state index in [4.69, 9.17) is 9.57 Å². The molecule has 1 saturated carbocycles. The van der Waals surface area contributed by atoms with Gasteiger partial charge in [0.25, 0.3) is 0 Å². The Morgan fingerprint density at radius 2 is 1.90 bits per heavy atom. The molecule has 0 saturated heterocycles. The molecule has 1 aliphatic rings. The predicted octanol–water partition coefficient (Wildman–Crippen LogP) is 2.34. The van der Waals surface area contributed by atoms with Crippen molar-refractivity contribution in [1.82, 2.24) is 10.4 Å². The van der Waals surface area contributed by atoms with Crippen LogP contribution in [0.5, 0.6) is 0 Å². The fourth-order valence-corrected chi connectivity index (χ4v) is 2.38. The van der Waals surface area contributed by atoms with Gasteiger partial charge in [0.2, 0.25) is 5.91 Å². The first-order chi connectivity index (χ1) is 9.73. The van der Waals surface area contributed by atoms with Crippen LogP contribution < -0.4 is 5.32 Å². The van der Waals surface area contributed by atoms with E-state index in [1.165, 1.54) is 5.06 Å². The average molecular weight is 300 g/mol. The molecule has 1 aliphatic carbocycles. The van der Waals surface area contributed by atoms with Gasteiger partial charge < -0.3 is 10.1 Å². The standard InChI is InChI=1S/C15H28N2O4/c1-6-20-17(5)13(18)12-9-11(10-12)7-8-16-14(19)21-15(2,3)4/h11-12H,6-10H2,1-5H3,(H,16,19). The molecule has 1 rings (SSSR count). The van der Waals surface area contributed by atoms with Crippen molar-refractivity contribution in [3.63, 3.8) is 0 Å². The molecule has 21 heavy (non-hydrogen) atoms. The highest BCUT2D eigenvalue weighted by Crippen LogP contribution is 2.36. The van der Waals surface area contributed by atoms with E-state index in [2.05, 4.69) is 5.32 Å². The minimum atomic E-state index is -0.470. The van der Waals surface area contributed by atoms with Gasteiger partial charge in [-0.05, 0) is 52.9 Å². The van der Waals surface area contributed by atoms with Crippen molar-refractivity contribution < 1.29 is 19.2 Å². The Hall–Kier alpha value is -1.30. The molecule has 1 fully saturated rings. The largest absolute Gasteiger partial charge is 0.444 e. The summed E-state index contributed by atoms with van der Waals surface area (Å²) in [5.74, 6) is 0.602. The first-order valence-electron chi connectivity index (χ1n) is 7.60. The third-order valence-corrected chi connectivity index (χ3v) is 3.44. The highest BCUT2D eigenvalue weighted by atomic mass is 16.7. The van der Waals surface area contributed by atoms with Crippen LogP contribution in [0.3, 0.4) is 0 Å². The molecule has 0 aromatic rings. The normalized spacial score (nSPS) is 21.4. The van der Waals surface area contributed by atoms with E-state index in [-0.39, 0.29) is 17.9 Å².